The van der Waals surface area contributed by atoms with Crippen LogP contribution in [0.2, 0.25) is 0 Å². The van der Waals surface area contributed by atoms with Crippen LogP contribution in [0.25, 0.3) is 0 Å². The highest BCUT2D eigenvalue weighted by Gasteiger charge is 2.18. The molecule has 0 bridgehead atoms. The second-order valence-electron chi connectivity index (χ2n) is 6.89. The van der Waals surface area contributed by atoms with Crippen molar-refractivity contribution in [3.8, 4) is 23.6 Å². The molecule has 0 atom stereocenters. The summed E-state index contributed by atoms with van der Waals surface area (Å²) in [5, 5.41) is 18.7. The summed E-state index contributed by atoms with van der Waals surface area (Å²) in [5.74, 6) is -1.17. The predicted molar refractivity (Wildman–Crippen MR) is 122 cm³/mol. The number of carbonyl (C=O) groups excluding carboxylic acids is 2. The molecule has 32 heavy (non-hydrogen) atoms. The molecule has 0 saturated heterocycles. The Hall–Kier alpha value is -3.90. The third kappa shape index (κ3) is 7.74. The maximum Gasteiger partial charge on any atom is 0.354 e. The summed E-state index contributed by atoms with van der Waals surface area (Å²) in [6.45, 7) is 11.4. The molecule has 0 heterocycles. The van der Waals surface area contributed by atoms with Gasteiger partial charge in [-0.2, -0.15) is 10.5 Å². The van der Waals surface area contributed by atoms with Gasteiger partial charge in [-0.25, -0.2) is 9.59 Å². The quantitative estimate of drug-likeness (QED) is 0.134. The molecule has 0 amide bonds. The zero-order chi connectivity index (χ0) is 23.9. The Morgan fingerprint density at radius 1 is 0.812 bits per heavy atom. The van der Waals surface area contributed by atoms with Crippen molar-refractivity contribution in [2.75, 3.05) is 0 Å². The van der Waals surface area contributed by atoms with E-state index in [1.54, 1.807) is 0 Å². The fourth-order valence-electron chi connectivity index (χ4n) is 2.78. The van der Waals surface area contributed by atoms with Gasteiger partial charge in [0.1, 0.15) is 34.8 Å². The molecular formula is C26H28N2O4. The van der Waals surface area contributed by atoms with Crippen LogP contribution in [-0.2, 0) is 9.59 Å². The minimum atomic E-state index is -0.774. The van der Waals surface area contributed by atoms with Crippen molar-refractivity contribution < 1.29 is 19.1 Å². The van der Waals surface area contributed by atoms with Gasteiger partial charge in [0.15, 0.2) is 0 Å². The minimum Gasteiger partial charge on any atom is -0.422 e. The van der Waals surface area contributed by atoms with Crippen LogP contribution in [-0.4, -0.2) is 11.9 Å². The number of rotatable bonds is 12. The first-order valence-corrected chi connectivity index (χ1v) is 10.5. The molecule has 1 aromatic carbocycles. The molecule has 0 aromatic heterocycles. The number of nitriles is 2. The topological polar surface area (TPSA) is 100 Å². The van der Waals surface area contributed by atoms with Gasteiger partial charge in [0.2, 0.25) is 0 Å². The van der Waals surface area contributed by atoms with Crippen LogP contribution in [0, 0.1) is 22.7 Å². The van der Waals surface area contributed by atoms with Crippen LogP contribution in [0.3, 0.4) is 0 Å². The number of esters is 2. The number of hydrogen-bond donors (Lipinski definition) is 0. The molecule has 0 aliphatic rings. The molecule has 1 rings (SSSR count). The van der Waals surface area contributed by atoms with Crippen LogP contribution in [0.1, 0.15) is 52.4 Å². The SMILES string of the molecule is C=CC(CCCC)=C(C#N)C(=O)Oc1ccc(OC(=O)C(C#N)=C(C=C)CCCC)cc1. The molecular weight excluding hydrogens is 404 g/mol. The molecule has 0 aliphatic heterocycles. The molecule has 0 radical (unpaired) electrons. The van der Waals surface area contributed by atoms with Gasteiger partial charge in [-0.1, -0.05) is 52.0 Å². The van der Waals surface area contributed by atoms with Crippen molar-refractivity contribution in [3.63, 3.8) is 0 Å². The molecule has 0 saturated carbocycles. The summed E-state index contributed by atoms with van der Waals surface area (Å²) >= 11 is 0. The average molecular weight is 433 g/mol. The first-order valence-electron chi connectivity index (χ1n) is 10.5. The van der Waals surface area contributed by atoms with E-state index in [9.17, 15) is 20.1 Å². The van der Waals surface area contributed by atoms with Crippen LogP contribution in [0.4, 0.5) is 0 Å². The van der Waals surface area contributed by atoms with Crippen molar-refractivity contribution >= 4 is 11.9 Å². The van der Waals surface area contributed by atoms with Gasteiger partial charge in [-0.3, -0.25) is 0 Å². The van der Waals surface area contributed by atoms with E-state index in [1.807, 2.05) is 26.0 Å². The molecule has 6 heteroatoms. The number of carbonyl (C=O) groups is 2. The number of benzene rings is 1. The van der Waals surface area contributed by atoms with Gasteiger partial charge >= 0.3 is 11.9 Å². The Morgan fingerprint density at radius 2 is 1.16 bits per heavy atom. The standard InChI is InChI=1S/C26H28N2O4/c1-5-9-11-19(7-3)23(17-27)25(29)31-21-13-15-22(16-14-21)32-26(30)24(18-28)20(8-4)12-10-6-2/h7-8,13-16H,3-6,9-12H2,1-2H3. The maximum atomic E-state index is 12.4. The maximum absolute atomic E-state index is 12.4. The van der Waals surface area contributed by atoms with Crippen molar-refractivity contribution in [1.29, 1.82) is 10.5 Å². The normalized spacial score (nSPS) is 11.8. The summed E-state index contributed by atoms with van der Waals surface area (Å²) in [6.07, 6.45) is 7.60. The lowest BCUT2D eigenvalue weighted by molar-refractivity contribution is -0.130. The molecule has 6 nitrogen and oxygen atoms in total. The van der Waals surface area contributed by atoms with Crippen LogP contribution >= 0.6 is 0 Å². The molecule has 0 spiro atoms. The molecule has 166 valence electrons. The number of unbranched alkanes of at least 4 members (excludes halogenated alkanes) is 2. The van der Waals surface area contributed by atoms with Gasteiger partial charge in [-0.05, 0) is 61.1 Å². The van der Waals surface area contributed by atoms with E-state index in [-0.39, 0.29) is 22.6 Å². The van der Waals surface area contributed by atoms with Gasteiger partial charge in [-0.15, -0.1) is 0 Å². The third-order valence-electron chi connectivity index (χ3n) is 4.61. The van der Waals surface area contributed by atoms with E-state index in [4.69, 9.17) is 9.47 Å². The number of ether oxygens (including phenoxy) is 2. The van der Waals surface area contributed by atoms with Crippen molar-refractivity contribution in [2.24, 2.45) is 0 Å². The Bertz CT molecular complexity index is 905. The smallest absolute Gasteiger partial charge is 0.354 e. The zero-order valence-corrected chi connectivity index (χ0v) is 18.6. The third-order valence-corrected chi connectivity index (χ3v) is 4.61. The Kier molecular flexibility index (Phi) is 11.6. The van der Waals surface area contributed by atoms with Crippen molar-refractivity contribution in [1.82, 2.24) is 0 Å². The number of nitrogens with zero attached hydrogens (tertiary/aromatic N) is 2. The second kappa shape index (κ2) is 14.2. The number of hydrogen-bond acceptors (Lipinski definition) is 6. The Balaban J connectivity index is 2.95. The summed E-state index contributed by atoms with van der Waals surface area (Å²) < 4.78 is 10.6. The average Bonchev–Trinajstić information content (AvgIpc) is 2.80. The molecule has 0 fully saturated rings. The minimum absolute atomic E-state index is 0.0863. The predicted octanol–water partition coefficient (Wildman–Crippen LogP) is 5.89. The summed E-state index contributed by atoms with van der Waals surface area (Å²) in [7, 11) is 0. The Morgan fingerprint density at radius 3 is 1.41 bits per heavy atom. The van der Waals surface area contributed by atoms with Crippen LogP contribution in [0.15, 0.2) is 71.9 Å². The van der Waals surface area contributed by atoms with E-state index in [1.165, 1.54) is 36.4 Å². The van der Waals surface area contributed by atoms with E-state index in [0.29, 0.717) is 24.0 Å². The van der Waals surface area contributed by atoms with Gasteiger partial charge in [0.25, 0.3) is 0 Å². The molecule has 0 N–H and O–H groups in total. The van der Waals surface area contributed by atoms with Gasteiger partial charge < -0.3 is 9.47 Å². The van der Waals surface area contributed by atoms with Crippen LogP contribution < -0.4 is 9.47 Å². The lowest BCUT2D eigenvalue weighted by Gasteiger charge is -2.09. The first kappa shape index (κ1) is 26.1. The lowest BCUT2D eigenvalue weighted by atomic mass is 10.0. The van der Waals surface area contributed by atoms with Gasteiger partial charge in [0, 0.05) is 0 Å². The fraction of sp³-hybridized carbons (Fsp3) is 0.308. The monoisotopic (exact) mass is 432 g/mol. The highest BCUT2D eigenvalue weighted by molar-refractivity contribution is 5.96. The number of allylic oxidation sites excluding steroid dienone is 4. The summed E-state index contributed by atoms with van der Waals surface area (Å²) in [4.78, 5) is 24.8. The van der Waals surface area contributed by atoms with Crippen molar-refractivity contribution in [3.05, 3.63) is 71.9 Å². The summed E-state index contributed by atoms with van der Waals surface area (Å²) in [5.41, 5.74) is 0.914. The van der Waals surface area contributed by atoms with E-state index in [0.717, 1.165) is 25.7 Å². The zero-order valence-electron chi connectivity index (χ0n) is 18.6. The highest BCUT2D eigenvalue weighted by atomic mass is 16.5. The summed E-state index contributed by atoms with van der Waals surface area (Å²) in [6, 6.07) is 9.54. The van der Waals surface area contributed by atoms with E-state index in [2.05, 4.69) is 13.2 Å². The lowest BCUT2D eigenvalue weighted by Crippen LogP contribution is -2.13. The van der Waals surface area contributed by atoms with Crippen LogP contribution in [0.5, 0.6) is 11.5 Å². The van der Waals surface area contributed by atoms with Crippen molar-refractivity contribution in [2.45, 2.75) is 52.4 Å². The van der Waals surface area contributed by atoms with E-state index < -0.39 is 11.9 Å². The second-order valence-corrected chi connectivity index (χ2v) is 6.89. The van der Waals surface area contributed by atoms with E-state index >= 15 is 0 Å². The molecule has 0 unspecified atom stereocenters. The largest absolute Gasteiger partial charge is 0.422 e. The fourth-order valence-corrected chi connectivity index (χ4v) is 2.78. The Labute approximate surface area is 189 Å². The molecule has 1 aromatic rings. The van der Waals surface area contributed by atoms with Gasteiger partial charge in [0.05, 0.1) is 0 Å². The first-order chi connectivity index (χ1) is 15.4. The highest BCUT2D eigenvalue weighted by Crippen LogP contribution is 2.22. The molecule has 0 aliphatic carbocycles.